The molecule has 4 rings (SSSR count). The molecule has 9 heteroatoms. The molecule has 0 radical (unpaired) electrons. The van der Waals surface area contributed by atoms with Gasteiger partial charge in [-0.05, 0) is 66.8 Å². The van der Waals surface area contributed by atoms with E-state index in [-0.39, 0.29) is 12.5 Å². The van der Waals surface area contributed by atoms with Crippen molar-refractivity contribution in [2.75, 3.05) is 23.7 Å². The molecule has 2 atom stereocenters. The van der Waals surface area contributed by atoms with Gasteiger partial charge in [0.1, 0.15) is 5.75 Å². The fourth-order valence-corrected chi connectivity index (χ4v) is 5.25. The number of carbonyl (C=O) groups excluding carboxylic acids is 1. The fraction of sp³-hybridized carbons (Fsp3) is 0.350. The Kier molecular flexibility index (Phi) is 5.44. The second kappa shape index (κ2) is 8.02. The number of amides is 1. The van der Waals surface area contributed by atoms with E-state index in [1.807, 2.05) is 18.2 Å². The Morgan fingerprint density at radius 1 is 1.07 bits per heavy atom. The van der Waals surface area contributed by atoms with Gasteiger partial charge in [-0.15, -0.1) is 0 Å². The Hall–Kier alpha value is -2.62. The van der Waals surface area contributed by atoms with E-state index in [2.05, 4.69) is 20.9 Å². The molecule has 2 unspecified atom stereocenters. The summed E-state index contributed by atoms with van der Waals surface area (Å²) >= 11 is 0. The Balaban J connectivity index is 1.46. The van der Waals surface area contributed by atoms with Crippen molar-refractivity contribution in [1.82, 2.24) is 10.9 Å². The second-order valence-electron chi connectivity index (χ2n) is 7.25. The molecule has 154 valence electrons. The molecule has 4 N–H and O–H groups in total. The first-order valence-electron chi connectivity index (χ1n) is 9.53. The van der Waals surface area contributed by atoms with Crippen LogP contribution in [0, 0.1) is 5.92 Å². The lowest BCUT2D eigenvalue weighted by Gasteiger charge is -2.20. The SMILES string of the molecule is COc1ccc(NS(=O)(=O)C2NNCC2C(=O)Nc2ccc3c(c2)CCC3)cc1. The Morgan fingerprint density at radius 3 is 2.55 bits per heavy atom. The van der Waals surface area contributed by atoms with Crippen LogP contribution in [-0.4, -0.2) is 33.4 Å². The summed E-state index contributed by atoms with van der Waals surface area (Å²) in [6, 6.07) is 12.4. The quantitative estimate of drug-likeness (QED) is 0.570. The fourth-order valence-electron chi connectivity index (χ4n) is 3.77. The summed E-state index contributed by atoms with van der Waals surface area (Å²) in [6.45, 7) is 0.213. The van der Waals surface area contributed by atoms with Gasteiger partial charge in [0, 0.05) is 17.9 Å². The molecule has 0 saturated carbocycles. The van der Waals surface area contributed by atoms with Gasteiger partial charge in [0.25, 0.3) is 10.0 Å². The molecule has 0 aromatic heterocycles. The number of benzene rings is 2. The van der Waals surface area contributed by atoms with E-state index in [1.165, 1.54) is 18.2 Å². The highest BCUT2D eigenvalue weighted by molar-refractivity contribution is 7.93. The number of carbonyl (C=O) groups is 1. The largest absolute Gasteiger partial charge is 0.497 e. The number of hydrogen-bond acceptors (Lipinski definition) is 6. The van der Waals surface area contributed by atoms with E-state index < -0.39 is 21.3 Å². The minimum absolute atomic E-state index is 0.213. The third-order valence-electron chi connectivity index (χ3n) is 5.32. The van der Waals surface area contributed by atoms with Crippen molar-refractivity contribution in [3.05, 3.63) is 53.6 Å². The Labute approximate surface area is 170 Å². The number of sulfonamides is 1. The van der Waals surface area contributed by atoms with Crippen LogP contribution in [0.5, 0.6) is 5.75 Å². The van der Waals surface area contributed by atoms with Gasteiger partial charge in [-0.3, -0.25) is 14.9 Å². The molecule has 1 heterocycles. The second-order valence-corrected chi connectivity index (χ2v) is 9.06. The van der Waals surface area contributed by atoms with Crippen LogP contribution in [0.15, 0.2) is 42.5 Å². The highest BCUT2D eigenvalue weighted by atomic mass is 32.2. The molecule has 1 amide bonds. The van der Waals surface area contributed by atoms with Crippen LogP contribution >= 0.6 is 0 Å². The number of hydrazine groups is 1. The van der Waals surface area contributed by atoms with Crippen LogP contribution in [0.2, 0.25) is 0 Å². The van der Waals surface area contributed by atoms with E-state index >= 15 is 0 Å². The third-order valence-corrected chi connectivity index (χ3v) is 6.95. The van der Waals surface area contributed by atoms with Gasteiger partial charge in [0.2, 0.25) is 5.91 Å². The highest BCUT2D eigenvalue weighted by Gasteiger charge is 2.42. The van der Waals surface area contributed by atoms with E-state index in [1.54, 1.807) is 24.3 Å². The van der Waals surface area contributed by atoms with Crippen LogP contribution in [0.4, 0.5) is 11.4 Å². The summed E-state index contributed by atoms with van der Waals surface area (Å²) in [5.41, 5.74) is 9.16. The van der Waals surface area contributed by atoms with Crippen LogP contribution < -0.4 is 25.6 Å². The first-order chi connectivity index (χ1) is 14.0. The van der Waals surface area contributed by atoms with Crippen LogP contribution in [0.1, 0.15) is 17.5 Å². The molecular weight excluding hydrogens is 392 g/mol. The molecule has 2 aromatic carbocycles. The van der Waals surface area contributed by atoms with Crippen molar-refractivity contribution in [3.63, 3.8) is 0 Å². The smallest absolute Gasteiger partial charge is 0.250 e. The summed E-state index contributed by atoms with van der Waals surface area (Å²) < 4.78 is 33.3. The number of ether oxygens (including phenoxy) is 1. The summed E-state index contributed by atoms with van der Waals surface area (Å²) in [5.74, 6) is -0.496. The van der Waals surface area contributed by atoms with Crippen LogP contribution in [0.3, 0.4) is 0 Å². The molecule has 1 aliphatic carbocycles. The zero-order valence-corrected chi connectivity index (χ0v) is 16.9. The molecule has 2 aromatic rings. The van der Waals surface area contributed by atoms with Crippen LogP contribution in [0.25, 0.3) is 0 Å². The maximum Gasteiger partial charge on any atom is 0.250 e. The predicted molar refractivity (Wildman–Crippen MR) is 111 cm³/mol. The van der Waals surface area contributed by atoms with E-state index in [4.69, 9.17) is 4.74 Å². The lowest BCUT2D eigenvalue weighted by Crippen LogP contribution is -2.45. The lowest BCUT2D eigenvalue weighted by molar-refractivity contribution is -0.119. The molecule has 0 spiro atoms. The van der Waals surface area contributed by atoms with Crippen molar-refractivity contribution in [3.8, 4) is 5.75 Å². The monoisotopic (exact) mass is 416 g/mol. The van der Waals surface area contributed by atoms with Gasteiger partial charge >= 0.3 is 0 Å². The first kappa shape index (κ1) is 19.7. The van der Waals surface area contributed by atoms with E-state index in [0.717, 1.165) is 19.3 Å². The topological polar surface area (TPSA) is 109 Å². The summed E-state index contributed by atoms with van der Waals surface area (Å²) in [5, 5.41) is 1.77. The summed E-state index contributed by atoms with van der Waals surface area (Å²) in [6.07, 6.45) is 3.20. The molecule has 1 aliphatic heterocycles. The van der Waals surface area contributed by atoms with Crippen molar-refractivity contribution >= 4 is 27.3 Å². The summed E-state index contributed by atoms with van der Waals surface area (Å²) in [7, 11) is -2.31. The van der Waals surface area contributed by atoms with Gasteiger partial charge in [0.05, 0.1) is 13.0 Å². The Bertz CT molecular complexity index is 1010. The van der Waals surface area contributed by atoms with Gasteiger partial charge in [-0.1, -0.05) is 6.07 Å². The molecule has 0 bridgehead atoms. The lowest BCUT2D eigenvalue weighted by atomic mass is 10.1. The average molecular weight is 417 g/mol. The number of methoxy groups -OCH3 is 1. The maximum atomic E-state index is 12.9. The third kappa shape index (κ3) is 4.21. The summed E-state index contributed by atoms with van der Waals surface area (Å²) in [4.78, 5) is 12.8. The zero-order chi connectivity index (χ0) is 20.4. The Morgan fingerprint density at radius 2 is 1.79 bits per heavy atom. The van der Waals surface area contributed by atoms with Crippen molar-refractivity contribution in [2.45, 2.75) is 24.6 Å². The highest BCUT2D eigenvalue weighted by Crippen LogP contribution is 2.26. The number of fused-ring (bicyclic) bond motifs is 1. The van der Waals surface area contributed by atoms with E-state index in [0.29, 0.717) is 17.1 Å². The van der Waals surface area contributed by atoms with Crippen molar-refractivity contribution in [1.29, 1.82) is 0 Å². The molecule has 8 nitrogen and oxygen atoms in total. The van der Waals surface area contributed by atoms with Crippen molar-refractivity contribution < 1.29 is 17.9 Å². The average Bonchev–Trinajstić information content (AvgIpc) is 3.38. The number of hydrogen-bond donors (Lipinski definition) is 4. The van der Waals surface area contributed by atoms with Gasteiger partial charge in [0.15, 0.2) is 5.37 Å². The molecule has 1 fully saturated rings. The van der Waals surface area contributed by atoms with Crippen molar-refractivity contribution in [2.24, 2.45) is 5.92 Å². The maximum absolute atomic E-state index is 12.9. The minimum Gasteiger partial charge on any atom is -0.497 e. The first-order valence-corrected chi connectivity index (χ1v) is 11.1. The van der Waals surface area contributed by atoms with Crippen LogP contribution in [-0.2, 0) is 27.7 Å². The van der Waals surface area contributed by atoms with E-state index in [9.17, 15) is 13.2 Å². The van der Waals surface area contributed by atoms with Gasteiger partial charge < -0.3 is 10.1 Å². The standard InChI is InChI=1S/C20H24N4O4S/c1-28-17-9-7-15(8-10-17)24-29(26,27)20-18(12-21-23-20)19(25)22-16-6-5-13-3-2-4-14(13)11-16/h5-11,18,20-21,23-24H,2-4,12H2,1H3,(H,22,25). The number of rotatable bonds is 6. The number of aryl methyl sites for hydroxylation is 2. The number of anilines is 2. The number of nitrogens with one attached hydrogen (secondary N) is 4. The molecule has 29 heavy (non-hydrogen) atoms. The molecule has 2 aliphatic rings. The molecule has 1 saturated heterocycles. The normalized spacial score (nSPS) is 20.9. The predicted octanol–water partition coefficient (Wildman–Crippen LogP) is 1.61. The minimum atomic E-state index is -3.85. The molecular formula is C20H24N4O4S. The van der Waals surface area contributed by atoms with Gasteiger partial charge in [-0.2, -0.15) is 0 Å². The zero-order valence-electron chi connectivity index (χ0n) is 16.1. The van der Waals surface area contributed by atoms with Gasteiger partial charge in [-0.25, -0.2) is 13.8 Å².